The first-order valence-corrected chi connectivity index (χ1v) is 6.76. The average Bonchev–Trinajstić information content (AvgIpc) is 2.39. The monoisotopic (exact) mass is 215 g/mol. The molecule has 16 heavy (non-hydrogen) atoms. The van der Waals surface area contributed by atoms with Crippen LogP contribution < -0.4 is 0 Å². The van der Waals surface area contributed by atoms with Gasteiger partial charge >= 0.3 is 0 Å². The molecule has 3 rings (SSSR count). The quantitative estimate of drug-likeness (QED) is 0.689. The second kappa shape index (κ2) is 4.58. The van der Waals surface area contributed by atoms with E-state index in [-0.39, 0.29) is 0 Å². The number of rotatable bonds is 1. The maximum absolute atomic E-state index is 2.78. The molecule has 1 nitrogen and oxygen atoms in total. The van der Waals surface area contributed by atoms with Crippen molar-refractivity contribution in [1.82, 2.24) is 4.90 Å². The number of hydrogen-bond acceptors (Lipinski definition) is 1. The molecular weight excluding hydrogens is 194 g/mol. The van der Waals surface area contributed by atoms with Crippen molar-refractivity contribution in [2.24, 2.45) is 0 Å². The predicted octanol–water partition coefficient (Wildman–Crippen LogP) is 3.77. The Morgan fingerprint density at radius 3 is 2.56 bits per heavy atom. The summed E-state index contributed by atoms with van der Waals surface area (Å²) in [6, 6.07) is 12.7. The summed E-state index contributed by atoms with van der Waals surface area (Å²) >= 11 is 0. The van der Waals surface area contributed by atoms with E-state index >= 15 is 0 Å². The van der Waals surface area contributed by atoms with Crippen molar-refractivity contribution in [2.45, 2.75) is 50.6 Å². The molecule has 2 aliphatic rings. The smallest absolute Gasteiger partial charge is 0.0351 e. The summed E-state index contributed by atoms with van der Waals surface area (Å²) in [4.78, 5) is 2.78. The van der Waals surface area contributed by atoms with Crippen LogP contribution in [0.1, 0.15) is 50.1 Å². The van der Waals surface area contributed by atoms with Gasteiger partial charge in [0.2, 0.25) is 0 Å². The van der Waals surface area contributed by atoms with E-state index < -0.39 is 0 Å². The van der Waals surface area contributed by atoms with Crippen molar-refractivity contribution in [2.75, 3.05) is 6.54 Å². The van der Waals surface area contributed by atoms with E-state index in [1.54, 1.807) is 0 Å². The minimum Gasteiger partial charge on any atom is -0.293 e. The first-order chi connectivity index (χ1) is 7.95. The lowest BCUT2D eigenvalue weighted by atomic mass is 9.86. The minimum atomic E-state index is 0.709. The van der Waals surface area contributed by atoms with Gasteiger partial charge in [0.15, 0.2) is 0 Å². The molecule has 86 valence electrons. The lowest BCUT2D eigenvalue weighted by molar-refractivity contribution is 0.0518. The summed E-state index contributed by atoms with van der Waals surface area (Å²) in [7, 11) is 0. The minimum absolute atomic E-state index is 0.709. The highest BCUT2D eigenvalue weighted by molar-refractivity contribution is 5.20. The number of nitrogens with zero attached hydrogens (tertiary/aromatic N) is 1. The van der Waals surface area contributed by atoms with Crippen LogP contribution in [-0.4, -0.2) is 17.5 Å². The molecule has 2 aliphatic heterocycles. The second-order valence-corrected chi connectivity index (χ2v) is 5.24. The Bertz CT molecular complexity index is 331. The molecule has 2 heterocycles. The lowest BCUT2D eigenvalue weighted by Gasteiger charge is -2.45. The molecule has 0 radical (unpaired) electrons. The summed E-state index contributed by atoms with van der Waals surface area (Å²) in [6.07, 6.45) is 8.50. The molecule has 0 N–H and O–H groups in total. The largest absolute Gasteiger partial charge is 0.293 e. The highest BCUT2D eigenvalue weighted by Gasteiger charge is 2.32. The van der Waals surface area contributed by atoms with E-state index in [4.69, 9.17) is 0 Å². The van der Waals surface area contributed by atoms with Gasteiger partial charge in [-0.15, -0.1) is 0 Å². The molecule has 1 aromatic carbocycles. The average molecular weight is 215 g/mol. The van der Waals surface area contributed by atoms with Gasteiger partial charge in [-0.2, -0.15) is 0 Å². The van der Waals surface area contributed by atoms with E-state index in [2.05, 4.69) is 35.2 Å². The van der Waals surface area contributed by atoms with Gasteiger partial charge in [-0.1, -0.05) is 36.8 Å². The highest BCUT2D eigenvalue weighted by Crippen LogP contribution is 2.38. The number of benzene rings is 1. The van der Waals surface area contributed by atoms with Crippen LogP contribution in [0.4, 0.5) is 0 Å². The fourth-order valence-electron chi connectivity index (χ4n) is 3.49. The van der Waals surface area contributed by atoms with Crippen LogP contribution in [0.5, 0.6) is 0 Å². The van der Waals surface area contributed by atoms with Crippen LogP contribution in [-0.2, 0) is 0 Å². The van der Waals surface area contributed by atoms with Gasteiger partial charge in [0, 0.05) is 12.1 Å². The molecular formula is C15H21N. The van der Waals surface area contributed by atoms with E-state index in [1.165, 1.54) is 50.6 Å². The molecule has 0 saturated carbocycles. The van der Waals surface area contributed by atoms with Crippen molar-refractivity contribution in [3.63, 3.8) is 0 Å². The van der Waals surface area contributed by atoms with Gasteiger partial charge in [-0.3, -0.25) is 4.90 Å². The Morgan fingerprint density at radius 2 is 1.69 bits per heavy atom. The van der Waals surface area contributed by atoms with E-state index in [1.807, 2.05) is 0 Å². The van der Waals surface area contributed by atoms with Crippen molar-refractivity contribution < 1.29 is 0 Å². The summed E-state index contributed by atoms with van der Waals surface area (Å²) in [5.41, 5.74) is 1.54. The van der Waals surface area contributed by atoms with Crippen LogP contribution in [0, 0.1) is 0 Å². The first kappa shape index (κ1) is 10.3. The topological polar surface area (TPSA) is 3.24 Å². The Labute approximate surface area is 98.5 Å². The predicted molar refractivity (Wildman–Crippen MR) is 67.4 cm³/mol. The maximum Gasteiger partial charge on any atom is 0.0351 e. The van der Waals surface area contributed by atoms with Gasteiger partial charge < -0.3 is 0 Å². The van der Waals surface area contributed by atoms with E-state index in [9.17, 15) is 0 Å². The Morgan fingerprint density at radius 1 is 0.875 bits per heavy atom. The Kier molecular flexibility index (Phi) is 2.96. The summed E-state index contributed by atoms with van der Waals surface area (Å²) in [5, 5.41) is 0. The molecule has 2 unspecified atom stereocenters. The molecule has 2 atom stereocenters. The van der Waals surface area contributed by atoms with Crippen molar-refractivity contribution >= 4 is 0 Å². The Hall–Kier alpha value is -0.820. The molecule has 0 bridgehead atoms. The third kappa shape index (κ3) is 1.89. The fraction of sp³-hybridized carbons (Fsp3) is 0.600. The SMILES string of the molecule is c1ccc(C2CCCC3CCCCN32)cc1. The lowest BCUT2D eigenvalue weighted by Crippen LogP contribution is -2.44. The zero-order valence-electron chi connectivity index (χ0n) is 9.94. The van der Waals surface area contributed by atoms with Crippen LogP contribution in [0.2, 0.25) is 0 Å². The number of hydrogen-bond donors (Lipinski definition) is 0. The van der Waals surface area contributed by atoms with Crippen LogP contribution in [0.25, 0.3) is 0 Å². The summed E-state index contributed by atoms with van der Waals surface area (Å²) in [5.74, 6) is 0. The molecule has 2 fully saturated rings. The maximum atomic E-state index is 2.78. The summed E-state index contributed by atoms with van der Waals surface area (Å²) in [6.45, 7) is 1.32. The molecule has 0 aromatic heterocycles. The molecule has 1 heteroatoms. The third-order valence-corrected chi connectivity index (χ3v) is 4.27. The van der Waals surface area contributed by atoms with Crippen molar-refractivity contribution in [3.8, 4) is 0 Å². The normalized spacial score (nSPS) is 31.0. The van der Waals surface area contributed by atoms with Gasteiger partial charge in [0.05, 0.1) is 0 Å². The Balaban J connectivity index is 1.83. The van der Waals surface area contributed by atoms with Crippen LogP contribution in [0.3, 0.4) is 0 Å². The third-order valence-electron chi connectivity index (χ3n) is 4.27. The van der Waals surface area contributed by atoms with Crippen molar-refractivity contribution in [1.29, 1.82) is 0 Å². The molecule has 0 aliphatic carbocycles. The molecule has 0 spiro atoms. The van der Waals surface area contributed by atoms with Crippen LogP contribution in [0.15, 0.2) is 30.3 Å². The number of fused-ring (bicyclic) bond motifs is 1. The van der Waals surface area contributed by atoms with Crippen molar-refractivity contribution in [3.05, 3.63) is 35.9 Å². The first-order valence-electron chi connectivity index (χ1n) is 6.76. The zero-order valence-corrected chi connectivity index (χ0v) is 9.94. The fourth-order valence-corrected chi connectivity index (χ4v) is 3.49. The van der Waals surface area contributed by atoms with Gasteiger partial charge in [0.25, 0.3) is 0 Å². The molecule has 2 saturated heterocycles. The van der Waals surface area contributed by atoms with Gasteiger partial charge in [-0.05, 0) is 44.2 Å². The zero-order chi connectivity index (χ0) is 10.8. The van der Waals surface area contributed by atoms with E-state index in [0.717, 1.165) is 6.04 Å². The second-order valence-electron chi connectivity index (χ2n) is 5.24. The summed E-state index contributed by atoms with van der Waals surface area (Å²) < 4.78 is 0. The van der Waals surface area contributed by atoms with E-state index in [0.29, 0.717) is 6.04 Å². The van der Waals surface area contributed by atoms with Gasteiger partial charge in [-0.25, -0.2) is 0 Å². The molecule has 0 amide bonds. The standard InChI is InChI=1S/C15H21N/c1-2-7-13(8-3-1)15-11-6-10-14-9-4-5-12-16(14)15/h1-3,7-8,14-15H,4-6,9-12H2. The van der Waals surface area contributed by atoms with Crippen LogP contribution >= 0.6 is 0 Å². The molecule has 1 aromatic rings. The van der Waals surface area contributed by atoms with Gasteiger partial charge in [0.1, 0.15) is 0 Å². The highest BCUT2D eigenvalue weighted by atomic mass is 15.2. The number of piperidine rings is 2.